The second-order valence-electron chi connectivity index (χ2n) is 10.8. The van der Waals surface area contributed by atoms with Crippen molar-refractivity contribution in [3.8, 4) is 22.6 Å². The predicted molar refractivity (Wildman–Crippen MR) is 160 cm³/mol. The van der Waals surface area contributed by atoms with Crippen molar-refractivity contribution in [1.29, 1.82) is 0 Å². The van der Waals surface area contributed by atoms with Crippen LogP contribution in [-0.2, 0) is 0 Å². The average Bonchev–Trinajstić information content (AvgIpc) is 3.54. The van der Waals surface area contributed by atoms with Crippen molar-refractivity contribution in [2.45, 2.75) is 34.1 Å². The molecule has 7 heteroatoms. The van der Waals surface area contributed by atoms with E-state index in [-0.39, 0.29) is 5.41 Å². The summed E-state index contributed by atoms with van der Waals surface area (Å²) in [5.41, 5.74) is 9.45. The van der Waals surface area contributed by atoms with Crippen molar-refractivity contribution in [2.75, 3.05) is 0 Å². The van der Waals surface area contributed by atoms with Crippen LogP contribution in [0.25, 0.3) is 50.2 Å². The number of aromatic nitrogens is 6. The lowest BCUT2D eigenvalue weighted by molar-refractivity contribution is 0.403. The molecule has 0 aliphatic heterocycles. The molecular formula is C32H33N7. The number of pyridine rings is 2. The molecule has 0 aliphatic carbocycles. The van der Waals surface area contributed by atoms with Gasteiger partial charge in [0.15, 0.2) is 5.82 Å². The van der Waals surface area contributed by atoms with Gasteiger partial charge in [-0.05, 0) is 71.9 Å². The molecule has 196 valence electrons. The Labute approximate surface area is 228 Å². The average molecular weight is 516 g/mol. The van der Waals surface area contributed by atoms with E-state index in [1.54, 1.807) is 18.6 Å². The summed E-state index contributed by atoms with van der Waals surface area (Å²) in [5.74, 6) is 0.682. The zero-order valence-corrected chi connectivity index (χ0v) is 22.8. The van der Waals surface area contributed by atoms with Crippen LogP contribution in [0.3, 0.4) is 0 Å². The Morgan fingerprint density at radius 3 is 2.56 bits per heavy atom. The molecule has 5 aromatic rings. The Balaban J connectivity index is 1.51. The second kappa shape index (κ2) is 10.5. The fourth-order valence-corrected chi connectivity index (χ4v) is 4.70. The molecule has 4 heterocycles. The summed E-state index contributed by atoms with van der Waals surface area (Å²) < 4.78 is 0. The van der Waals surface area contributed by atoms with Crippen LogP contribution in [0.5, 0.6) is 0 Å². The molecule has 0 saturated heterocycles. The first-order chi connectivity index (χ1) is 18.8. The van der Waals surface area contributed by atoms with E-state index in [0.29, 0.717) is 5.82 Å². The van der Waals surface area contributed by atoms with Crippen molar-refractivity contribution >= 4 is 27.5 Å². The van der Waals surface area contributed by atoms with E-state index in [1.807, 2.05) is 37.4 Å². The number of nitrogens with zero attached hydrogens (tertiary/aromatic N) is 4. The van der Waals surface area contributed by atoms with E-state index < -0.39 is 0 Å². The molecule has 0 spiro atoms. The van der Waals surface area contributed by atoms with Crippen molar-refractivity contribution in [3.63, 3.8) is 0 Å². The van der Waals surface area contributed by atoms with E-state index in [1.165, 1.54) is 0 Å². The first-order valence-electron chi connectivity index (χ1n) is 12.9. The van der Waals surface area contributed by atoms with Crippen LogP contribution in [0.1, 0.15) is 39.7 Å². The third-order valence-corrected chi connectivity index (χ3v) is 6.41. The monoisotopic (exact) mass is 515 g/mol. The predicted octanol–water partition coefficient (Wildman–Crippen LogP) is 7.58. The van der Waals surface area contributed by atoms with Gasteiger partial charge in [0.1, 0.15) is 5.69 Å². The molecule has 7 nitrogen and oxygen atoms in total. The Morgan fingerprint density at radius 1 is 1.05 bits per heavy atom. The van der Waals surface area contributed by atoms with Crippen LogP contribution < -0.4 is 5.32 Å². The minimum atomic E-state index is 0.147. The molecule has 39 heavy (non-hydrogen) atoms. The Hall–Kier alpha value is -4.78. The number of imidazole rings is 1. The van der Waals surface area contributed by atoms with Gasteiger partial charge in [-0.3, -0.25) is 15.1 Å². The van der Waals surface area contributed by atoms with E-state index in [0.717, 1.165) is 67.7 Å². The molecule has 1 aromatic carbocycles. The Morgan fingerprint density at radius 2 is 1.85 bits per heavy atom. The summed E-state index contributed by atoms with van der Waals surface area (Å²) in [5, 5.41) is 12.2. The van der Waals surface area contributed by atoms with E-state index in [9.17, 15) is 0 Å². The van der Waals surface area contributed by atoms with Gasteiger partial charge in [-0.25, -0.2) is 4.98 Å². The highest BCUT2D eigenvalue weighted by Gasteiger charge is 2.17. The van der Waals surface area contributed by atoms with Crippen LogP contribution in [0, 0.1) is 5.41 Å². The highest BCUT2D eigenvalue weighted by molar-refractivity contribution is 5.98. The zero-order chi connectivity index (χ0) is 27.6. The Bertz CT molecular complexity index is 1730. The number of allylic oxidation sites excluding steroid dienone is 5. The van der Waals surface area contributed by atoms with Crippen molar-refractivity contribution in [2.24, 2.45) is 5.41 Å². The van der Waals surface area contributed by atoms with Crippen molar-refractivity contribution in [3.05, 3.63) is 103 Å². The van der Waals surface area contributed by atoms with E-state index in [4.69, 9.17) is 4.98 Å². The molecule has 0 atom stereocenters. The Kier molecular flexibility index (Phi) is 6.98. The maximum absolute atomic E-state index is 4.94. The first-order valence-corrected chi connectivity index (χ1v) is 12.9. The number of hydrogen-bond acceptors (Lipinski definition) is 5. The topological polar surface area (TPSA) is 95.2 Å². The van der Waals surface area contributed by atoms with Gasteiger partial charge < -0.3 is 10.3 Å². The molecule has 0 amide bonds. The third kappa shape index (κ3) is 5.57. The molecule has 0 fully saturated rings. The lowest BCUT2D eigenvalue weighted by Gasteiger charge is -2.21. The smallest absolute Gasteiger partial charge is 0.159 e. The largest absolute Gasteiger partial charge is 0.359 e. The fraction of sp³-hybridized carbons (Fsp3) is 0.188. The van der Waals surface area contributed by atoms with E-state index >= 15 is 0 Å². The molecular weight excluding hydrogens is 482 g/mol. The van der Waals surface area contributed by atoms with Crippen molar-refractivity contribution in [1.82, 2.24) is 35.5 Å². The number of H-pyrrole nitrogens is 2. The maximum Gasteiger partial charge on any atom is 0.159 e. The second-order valence-corrected chi connectivity index (χ2v) is 10.8. The van der Waals surface area contributed by atoms with Gasteiger partial charge in [0.25, 0.3) is 0 Å². The van der Waals surface area contributed by atoms with Gasteiger partial charge in [0.2, 0.25) is 0 Å². The summed E-state index contributed by atoms with van der Waals surface area (Å²) in [6, 6.07) is 10.2. The summed E-state index contributed by atoms with van der Waals surface area (Å²) in [6.07, 6.45) is 14.0. The van der Waals surface area contributed by atoms with Crippen molar-refractivity contribution < 1.29 is 0 Å². The van der Waals surface area contributed by atoms with Gasteiger partial charge in [0.05, 0.1) is 22.7 Å². The summed E-state index contributed by atoms with van der Waals surface area (Å²) >= 11 is 0. The minimum absolute atomic E-state index is 0.147. The first kappa shape index (κ1) is 25.9. The zero-order valence-electron chi connectivity index (χ0n) is 22.8. The summed E-state index contributed by atoms with van der Waals surface area (Å²) in [7, 11) is 0. The van der Waals surface area contributed by atoms with Crippen LogP contribution in [0.15, 0.2) is 97.9 Å². The quantitative estimate of drug-likeness (QED) is 0.185. The minimum Gasteiger partial charge on any atom is -0.359 e. The van der Waals surface area contributed by atoms with Crippen LogP contribution >= 0.6 is 0 Å². The number of nitrogens with one attached hydrogen (secondary N) is 3. The van der Waals surface area contributed by atoms with Gasteiger partial charge in [0, 0.05) is 40.9 Å². The number of hydrogen-bond donors (Lipinski definition) is 3. The molecule has 4 aromatic heterocycles. The van der Waals surface area contributed by atoms with E-state index in [2.05, 4.69) is 88.7 Å². The van der Waals surface area contributed by atoms with Gasteiger partial charge in [-0.2, -0.15) is 5.10 Å². The lowest BCUT2D eigenvalue weighted by Crippen LogP contribution is -2.16. The summed E-state index contributed by atoms with van der Waals surface area (Å²) in [6.45, 7) is 16.8. The molecule has 0 radical (unpaired) electrons. The maximum atomic E-state index is 4.94. The molecule has 0 bridgehead atoms. The molecule has 0 unspecified atom stereocenters. The third-order valence-electron chi connectivity index (χ3n) is 6.41. The highest BCUT2D eigenvalue weighted by Crippen LogP contribution is 2.32. The molecule has 0 aliphatic rings. The van der Waals surface area contributed by atoms with Gasteiger partial charge in [-0.15, -0.1) is 0 Å². The standard InChI is InChI=1S/C32H33N7/c1-7-21(15-24(8-2)35-20(3)17-32(4,5)6)23-9-10-27-25(16-23)30(39-38-27)31-36-28-19-34-18-26(29(28)37-31)22-11-13-33-14-12-22/h7-16,18-19,35H,2-3,17H2,1,4-6H3,(H,36,37)(H,38,39)/b21-7+,24-15+. The van der Waals surface area contributed by atoms with Crippen LogP contribution in [0.2, 0.25) is 0 Å². The number of rotatable bonds is 8. The highest BCUT2D eigenvalue weighted by atomic mass is 15.1. The fourth-order valence-electron chi connectivity index (χ4n) is 4.70. The number of fused-ring (bicyclic) bond motifs is 2. The molecule has 0 saturated carbocycles. The molecule has 5 rings (SSSR count). The number of benzene rings is 1. The summed E-state index contributed by atoms with van der Waals surface area (Å²) in [4.78, 5) is 16.9. The SMILES string of the molecule is C=C/C(=C\C(=C/C)c1ccc2[nH]nc(-c3nc4c(-c5ccncc5)cncc4[nH]3)c2c1)NC(=C)CC(C)(C)C. The van der Waals surface area contributed by atoms with Gasteiger partial charge >= 0.3 is 0 Å². The normalized spacial score (nSPS) is 12.7. The van der Waals surface area contributed by atoms with Gasteiger partial charge in [-0.1, -0.05) is 46.1 Å². The number of aromatic amines is 2. The van der Waals surface area contributed by atoms with Crippen LogP contribution in [-0.4, -0.2) is 30.1 Å². The lowest BCUT2D eigenvalue weighted by atomic mass is 9.91. The molecule has 3 N–H and O–H groups in total. The van der Waals surface area contributed by atoms with Crippen LogP contribution in [0.4, 0.5) is 0 Å².